The monoisotopic (exact) mass is 317 g/mol. The summed E-state index contributed by atoms with van der Waals surface area (Å²) in [6, 6.07) is 2.08. The lowest BCUT2D eigenvalue weighted by atomic mass is 10.0. The number of nitrogens with one attached hydrogen (secondary N) is 1. The summed E-state index contributed by atoms with van der Waals surface area (Å²) in [7, 11) is 0. The molecule has 0 spiro atoms. The molecule has 5 nitrogen and oxygen atoms in total. The number of aryl methyl sites for hydroxylation is 1. The van der Waals surface area contributed by atoms with Gasteiger partial charge in [0.15, 0.2) is 5.13 Å². The van der Waals surface area contributed by atoms with Gasteiger partial charge in [-0.15, -0.1) is 11.3 Å². The Morgan fingerprint density at radius 1 is 1.41 bits per heavy atom. The van der Waals surface area contributed by atoms with Crippen molar-refractivity contribution in [2.24, 2.45) is 5.92 Å². The molecule has 0 aromatic carbocycles. The van der Waals surface area contributed by atoms with E-state index < -0.39 is 0 Å². The van der Waals surface area contributed by atoms with E-state index in [0.29, 0.717) is 11.8 Å². The van der Waals surface area contributed by atoms with E-state index in [1.165, 1.54) is 19.5 Å². The van der Waals surface area contributed by atoms with Crippen LogP contribution in [0.4, 0.5) is 10.9 Å². The van der Waals surface area contributed by atoms with E-state index in [9.17, 15) is 0 Å². The summed E-state index contributed by atoms with van der Waals surface area (Å²) in [5.74, 6) is 2.89. The zero-order valence-electron chi connectivity index (χ0n) is 13.4. The molecule has 0 amide bonds. The number of thiazole rings is 1. The van der Waals surface area contributed by atoms with Gasteiger partial charge in [-0.2, -0.15) is 0 Å². The number of anilines is 2. The smallest absolute Gasteiger partial charge is 0.188 e. The number of aromatic nitrogens is 3. The first kappa shape index (κ1) is 15.4. The Kier molecular flexibility index (Phi) is 4.69. The normalized spacial score (nSPS) is 19.0. The van der Waals surface area contributed by atoms with Crippen LogP contribution in [0.2, 0.25) is 0 Å². The first-order valence-electron chi connectivity index (χ1n) is 7.84. The quantitative estimate of drug-likeness (QED) is 0.915. The highest BCUT2D eigenvalue weighted by Crippen LogP contribution is 2.28. The van der Waals surface area contributed by atoms with Crippen molar-refractivity contribution < 1.29 is 0 Å². The summed E-state index contributed by atoms with van der Waals surface area (Å²) in [5.41, 5.74) is 1.15. The maximum absolute atomic E-state index is 4.66. The first-order chi connectivity index (χ1) is 10.6. The Bertz CT molecular complexity index is 611. The molecule has 2 aromatic rings. The fourth-order valence-electron chi connectivity index (χ4n) is 3.01. The number of hydrogen-bond donors (Lipinski definition) is 1. The minimum Gasteiger partial charge on any atom is -0.316 e. The van der Waals surface area contributed by atoms with Crippen LogP contribution in [0.25, 0.3) is 0 Å². The maximum atomic E-state index is 4.66. The summed E-state index contributed by atoms with van der Waals surface area (Å²) in [4.78, 5) is 15.9. The second-order valence-electron chi connectivity index (χ2n) is 6.33. The van der Waals surface area contributed by atoms with E-state index in [2.05, 4.69) is 45.1 Å². The average molecular weight is 317 g/mol. The Labute approximate surface area is 135 Å². The number of nitrogens with zero attached hydrogens (tertiary/aromatic N) is 4. The van der Waals surface area contributed by atoms with Crippen LogP contribution in [0.1, 0.15) is 37.7 Å². The Balaban J connectivity index is 1.72. The molecule has 0 saturated carbocycles. The topological polar surface area (TPSA) is 53.9 Å². The highest BCUT2D eigenvalue weighted by molar-refractivity contribution is 7.13. The Morgan fingerprint density at radius 2 is 2.27 bits per heavy atom. The largest absolute Gasteiger partial charge is 0.316 e. The van der Waals surface area contributed by atoms with E-state index in [1.54, 1.807) is 17.5 Å². The van der Waals surface area contributed by atoms with Crippen molar-refractivity contribution in [1.29, 1.82) is 0 Å². The lowest BCUT2D eigenvalue weighted by Crippen LogP contribution is -2.25. The van der Waals surface area contributed by atoms with Gasteiger partial charge in [0.25, 0.3) is 0 Å². The van der Waals surface area contributed by atoms with E-state index in [0.717, 1.165) is 29.0 Å². The second kappa shape index (κ2) is 6.71. The highest BCUT2D eigenvalue weighted by atomic mass is 32.1. The van der Waals surface area contributed by atoms with E-state index in [-0.39, 0.29) is 0 Å². The van der Waals surface area contributed by atoms with Gasteiger partial charge in [0, 0.05) is 36.7 Å². The molecular weight excluding hydrogens is 294 g/mol. The van der Waals surface area contributed by atoms with Crippen molar-refractivity contribution in [1.82, 2.24) is 19.9 Å². The zero-order chi connectivity index (χ0) is 15.5. The molecule has 1 aliphatic heterocycles. The predicted octanol–water partition coefficient (Wildman–Crippen LogP) is 3.43. The molecule has 0 aliphatic carbocycles. The number of likely N-dealkylation sites (tertiary alicyclic amines) is 1. The molecular formula is C16H23N5S. The van der Waals surface area contributed by atoms with Crippen molar-refractivity contribution in [3.63, 3.8) is 0 Å². The maximum Gasteiger partial charge on any atom is 0.188 e. The van der Waals surface area contributed by atoms with Crippen molar-refractivity contribution >= 4 is 22.3 Å². The average Bonchev–Trinajstić information content (AvgIpc) is 3.09. The molecule has 1 atom stereocenters. The summed E-state index contributed by atoms with van der Waals surface area (Å²) < 4.78 is 0. The van der Waals surface area contributed by atoms with E-state index in [1.807, 2.05) is 12.3 Å². The third kappa shape index (κ3) is 3.81. The fourth-order valence-corrected chi connectivity index (χ4v) is 3.55. The third-order valence-electron chi connectivity index (χ3n) is 3.84. The van der Waals surface area contributed by atoms with Crippen LogP contribution in [-0.4, -0.2) is 39.5 Å². The van der Waals surface area contributed by atoms with Gasteiger partial charge in [0.1, 0.15) is 11.6 Å². The fraction of sp³-hybridized carbons (Fsp3) is 0.562. The van der Waals surface area contributed by atoms with Crippen LogP contribution >= 0.6 is 11.3 Å². The van der Waals surface area contributed by atoms with Crippen LogP contribution in [0.3, 0.4) is 0 Å². The molecule has 1 saturated heterocycles. The molecule has 0 unspecified atom stereocenters. The minimum atomic E-state index is 0.511. The summed E-state index contributed by atoms with van der Waals surface area (Å²) in [5, 5.41) is 6.10. The summed E-state index contributed by atoms with van der Waals surface area (Å²) in [6.45, 7) is 9.95. The first-order valence-corrected chi connectivity index (χ1v) is 8.72. The number of rotatable bonds is 5. The number of hydrogen-bond acceptors (Lipinski definition) is 6. The second-order valence-corrected chi connectivity index (χ2v) is 7.22. The van der Waals surface area contributed by atoms with Gasteiger partial charge in [-0.25, -0.2) is 15.0 Å². The van der Waals surface area contributed by atoms with Gasteiger partial charge in [0.2, 0.25) is 0 Å². The summed E-state index contributed by atoms with van der Waals surface area (Å²) >= 11 is 1.58. The molecule has 3 rings (SSSR count). The van der Waals surface area contributed by atoms with Crippen molar-refractivity contribution in [3.05, 3.63) is 29.2 Å². The van der Waals surface area contributed by atoms with Crippen molar-refractivity contribution in [2.75, 3.05) is 25.0 Å². The zero-order valence-corrected chi connectivity index (χ0v) is 14.2. The standard InChI is InChI=1S/C16H23N5S/c1-11(2)9-21-6-4-13(10-21)14-8-15(19-12(3)18-14)20-16-17-5-7-22-16/h5,7-8,11,13H,4,6,9-10H2,1-3H3,(H,17,18,19,20)/t13-/m1/s1. The highest BCUT2D eigenvalue weighted by Gasteiger charge is 2.25. The third-order valence-corrected chi connectivity index (χ3v) is 4.53. The lowest BCUT2D eigenvalue weighted by molar-refractivity contribution is 0.294. The van der Waals surface area contributed by atoms with Crippen molar-refractivity contribution in [3.8, 4) is 0 Å². The van der Waals surface area contributed by atoms with Crippen LogP contribution in [0, 0.1) is 12.8 Å². The summed E-state index contributed by atoms with van der Waals surface area (Å²) in [6.07, 6.45) is 2.97. The van der Waals surface area contributed by atoms with E-state index in [4.69, 9.17) is 0 Å². The molecule has 118 valence electrons. The molecule has 1 aliphatic rings. The molecule has 1 N–H and O–H groups in total. The van der Waals surface area contributed by atoms with Gasteiger partial charge in [-0.1, -0.05) is 13.8 Å². The SMILES string of the molecule is Cc1nc(Nc2nccs2)cc([C@@H]2CCN(CC(C)C)C2)n1. The van der Waals surface area contributed by atoms with E-state index >= 15 is 0 Å². The van der Waals surface area contributed by atoms with Gasteiger partial charge in [0.05, 0.1) is 5.69 Å². The van der Waals surface area contributed by atoms with Gasteiger partial charge >= 0.3 is 0 Å². The Morgan fingerprint density at radius 3 is 3.00 bits per heavy atom. The molecule has 1 fully saturated rings. The molecule has 2 aromatic heterocycles. The van der Waals surface area contributed by atoms with Crippen LogP contribution < -0.4 is 5.32 Å². The van der Waals surface area contributed by atoms with Gasteiger partial charge in [-0.05, 0) is 25.8 Å². The minimum absolute atomic E-state index is 0.511. The van der Waals surface area contributed by atoms with Crippen molar-refractivity contribution in [2.45, 2.75) is 33.1 Å². The molecule has 0 bridgehead atoms. The molecule has 22 heavy (non-hydrogen) atoms. The van der Waals surface area contributed by atoms with Crippen LogP contribution in [-0.2, 0) is 0 Å². The predicted molar refractivity (Wildman–Crippen MR) is 90.8 cm³/mol. The van der Waals surface area contributed by atoms with Crippen LogP contribution in [0.15, 0.2) is 17.6 Å². The van der Waals surface area contributed by atoms with Gasteiger partial charge < -0.3 is 10.2 Å². The molecule has 6 heteroatoms. The van der Waals surface area contributed by atoms with Gasteiger partial charge in [-0.3, -0.25) is 0 Å². The molecule has 3 heterocycles. The molecule has 0 radical (unpaired) electrons. The Hall–Kier alpha value is -1.53. The lowest BCUT2D eigenvalue weighted by Gasteiger charge is -2.18. The van der Waals surface area contributed by atoms with Crippen LogP contribution in [0.5, 0.6) is 0 Å².